The van der Waals surface area contributed by atoms with Crippen LogP contribution in [0.1, 0.15) is 29.9 Å². The molecule has 0 aliphatic rings. The fourth-order valence-corrected chi connectivity index (χ4v) is 2.10. The molecule has 0 aliphatic heterocycles. The van der Waals surface area contributed by atoms with E-state index >= 15 is 0 Å². The van der Waals surface area contributed by atoms with Gasteiger partial charge in [0.05, 0.1) is 35.3 Å². The molecular formula is C15H18ClN3O2. The minimum atomic E-state index is -0.679. The average Bonchev–Trinajstić information content (AvgIpc) is 2.80. The summed E-state index contributed by atoms with van der Waals surface area (Å²) in [5.74, 6) is -0.264. The van der Waals surface area contributed by atoms with Gasteiger partial charge in [-0.15, -0.1) is 0 Å². The molecule has 2 aromatic rings. The van der Waals surface area contributed by atoms with Gasteiger partial charge in [0.15, 0.2) is 0 Å². The van der Waals surface area contributed by atoms with Crippen molar-refractivity contribution in [3.8, 4) is 5.69 Å². The van der Waals surface area contributed by atoms with E-state index in [9.17, 15) is 9.90 Å². The van der Waals surface area contributed by atoms with Gasteiger partial charge in [0.1, 0.15) is 0 Å². The number of benzene rings is 1. The summed E-state index contributed by atoms with van der Waals surface area (Å²) in [5.41, 5.74) is 1.29. The number of aliphatic hydroxyl groups excluding tert-OH is 1. The number of aliphatic hydroxyl groups is 1. The van der Waals surface area contributed by atoms with Crippen LogP contribution in [0.3, 0.4) is 0 Å². The normalized spacial score (nSPS) is 11.5. The molecule has 112 valence electrons. The number of amides is 1. The molecule has 0 saturated carbocycles. The Morgan fingerprint density at radius 3 is 2.81 bits per heavy atom. The lowest BCUT2D eigenvalue weighted by atomic mass is 10.1. The number of aromatic nitrogens is 2. The van der Waals surface area contributed by atoms with Crippen LogP contribution in [0.25, 0.3) is 5.69 Å². The van der Waals surface area contributed by atoms with Crippen LogP contribution in [-0.4, -0.2) is 32.9 Å². The van der Waals surface area contributed by atoms with Gasteiger partial charge in [-0.1, -0.05) is 17.7 Å². The maximum absolute atomic E-state index is 12.2. The van der Waals surface area contributed by atoms with Gasteiger partial charge in [0.2, 0.25) is 0 Å². The van der Waals surface area contributed by atoms with Crippen molar-refractivity contribution in [1.29, 1.82) is 0 Å². The first-order valence-electron chi connectivity index (χ1n) is 6.58. The van der Waals surface area contributed by atoms with Crippen molar-refractivity contribution in [2.24, 2.45) is 0 Å². The van der Waals surface area contributed by atoms with Crippen molar-refractivity contribution >= 4 is 17.5 Å². The van der Waals surface area contributed by atoms with E-state index < -0.39 is 5.54 Å². The third-order valence-corrected chi connectivity index (χ3v) is 3.39. The van der Waals surface area contributed by atoms with E-state index in [2.05, 4.69) is 10.4 Å². The molecule has 1 aromatic heterocycles. The van der Waals surface area contributed by atoms with E-state index in [4.69, 9.17) is 11.6 Å². The SMILES string of the molecule is Cc1c(C(=O)NC(C)(C)CO)cnn1-c1cccc(Cl)c1. The van der Waals surface area contributed by atoms with E-state index in [0.29, 0.717) is 16.3 Å². The molecule has 2 rings (SSSR count). The minimum absolute atomic E-state index is 0.139. The number of halogens is 1. The summed E-state index contributed by atoms with van der Waals surface area (Å²) in [4.78, 5) is 12.2. The van der Waals surface area contributed by atoms with E-state index in [1.165, 1.54) is 6.20 Å². The van der Waals surface area contributed by atoms with Crippen molar-refractivity contribution in [2.75, 3.05) is 6.61 Å². The van der Waals surface area contributed by atoms with Crippen LogP contribution in [0.5, 0.6) is 0 Å². The topological polar surface area (TPSA) is 67.2 Å². The fourth-order valence-electron chi connectivity index (χ4n) is 1.91. The van der Waals surface area contributed by atoms with Gasteiger partial charge < -0.3 is 10.4 Å². The molecule has 0 atom stereocenters. The van der Waals surface area contributed by atoms with Crippen LogP contribution >= 0.6 is 11.6 Å². The Balaban J connectivity index is 2.31. The van der Waals surface area contributed by atoms with Crippen molar-refractivity contribution in [3.05, 3.63) is 46.7 Å². The maximum Gasteiger partial charge on any atom is 0.255 e. The highest BCUT2D eigenvalue weighted by molar-refractivity contribution is 6.30. The van der Waals surface area contributed by atoms with Crippen LogP contribution in [0.15, 0.2) is 30.5 Å². The summed E-state index contributed by atoms with van der Waals surface area (Å²) in [6.07, 6.45) is 1.51. The minimum Gasteiger partial charge on any atom is -0.394 e. The zero-order valence-corrected chi connectivity index (χ0v) is 13.0. The van der Waals surface area contributed by atoms with Gasteiger partial charge in [0, 0.05) is 5.02 Å². The molecule has 5 nitrogen and oxygen atoms in total. The summed E-state index contributed by atoms with van der Waals surface area (Å²) >= 11 is 5.97. The lowest BCUT2D eigenvalue weighted by Gasteiger charge is -2.23. The van der Waals surface area contributed by atoms with Crippen LogP contribution < -0.4 is 5.32 Å². The molecule has 0 bridgehead atoms. The molecule has 0 saturated heterocycles. The summed E-state index contributed by atoms with van der Waals surface area (Å²) < 4.78 is 1.66. The summed E-state index contributed by atoms with van der Waals surface area (Å²) in [6.45, 7) is 5.18. The van der Waals surface area contributed by atoms with Gasteiger partial charge >= 0.3 is 0 Å². The highest BCUT2D eigenvalue weighted by Gasteiger charge is 2.23. The molecule has 1 amide bonds. The maximum atomic E-state index is 12.2. The molecule has 0 spiro atoms. The summed E-state index contributed by atoms with van der Waals surface area (Å²) in [5, 5.41) is 16.8. The van der Waals surface area contributed by atoms with E-state index in [1.807, 2.05) is 19.1 Å². The second-order valence-electron chi connectivity index (χ2n) is 5.53. The highest BCUT2D eigenvalue weighted by Crippen LogP contribution is 2.18. The largest absolute Gasteiger partial charge is 0.394 e. The van der Waals surface area contributed by atoms with Crippen LogP contribution in [-0.2, 0) is 0 Å². The number of nitrogens with zero attached hydrogens (tertiary/aromatic N) is 2. The van der Waals surface area contributed by atoms with Crippen molar-refractivity contribution in [1.82, 2.24) is 15.1 Å². The smallest absolute Gasteiger partial charge is 0.255 e. The monoisotopic (exact) mass is 307 g/mol. The van der Waals surface area contributed by atoms with Gasteiger partial charge in [-0.2, -0.15) is 5.10 Å². The number of carbonyl (C=O) groups is 1. The van der Waals surface area contributed by atoms with E-state index in [0.717, 1.165) is 5.69 Å². The number of rotatable bonds is 4. The fraction of sp³-hybridized carbons (Fsp3) is 0.333. The van der Waals surface area contributed by atoms with E-state index in [1.54, 1.807) is 30.7 Å². The van der Waals surface area contributed by atoms with Crippen molar-refractivity contribution < 1.29 is 9.90 Å². The highest BCUT2D eigenvalue weighted by atomic mass is 35.5. The van der Waals surface area contributed by atoms with Gasteiger partial charge in [-0.05, 0) is 39.0 Å². The number of nitrogens with one attached hydrogen (secondary N) is 1. The Hall–Kier alpha value is -1.85. The molecule has 1 heterocycles. The predicted molar refractivity (Wildman–Crippen MR) is 81.9 cm³/mol. The number of hydrogen-bond acceptors (Lipinski definition) is 3. The quantitative estimate of drug-likeness (QED) is 0.911. The summed E-state index contributed by atoms with van der Waals surface area (Å²) in [7, 11) is 0. The summed E-state index contributed by atoms with van der Waals surface area (Å²) in [6, 6.07) is 7.25. The van der Waals surface area contributed by atoms with Crippen molar-refractivity contribution in [3.63, 3.8) is 0 Å². The third-order valence-electron chi connectivity index (χ3n) is 3.15. The van der Waals surface area contributed by atoms with Crippen molar-refractivity contribution in [2.45, 2.75) is 26.3 Å². The average molecular weight is 308 g/mol. The lowest BCUT2D eigenvalue weighted by molar-refractivity contribution is 0.0868. The Morgan fingerprint density at radius 2 is 2.19 bits per heavy atom. The first kappa shape index (κ1) is 15.5. The molecule has 0 radical (unpaired) electrons. The van der Waals surface area contributed by atoms with Crippen LogP contribution in [0, 0.1) is 6.92 Å². The van der Waals surface area contributed by atoms with Crippen LogP contribution in [0.2, 0.25) is 5.02 Å². The molecule has 6 heteroatoms. The number of carbonyl (C=O) groups excluding carboxylic acids is 1. The Morgan fingerprint density at radius 1 is 1.48 bits per heavy atom. The zero-order chi connectivity index (χ0) is 15.6. The first-order chi connectivity index (χ1) is 9.84. The number of hydrogen-bond donors (Lipinski definition) is 2. The first-order valence-corrected chi connectivity index (χ1v) is 6.96. The second kappa shape index (κ2) is 5.87. The molecule has 0 aliphatic carbocycles. The molecule has 21 heavy (non-hydrogen) atoms. The lowest BCUT2D eigenvalue weighted by Crippen LogP contribution is -2.46. The predicted octanol–water partition coefficient (Wildman–Crippen LogP) is 2.33. The molecule has 0 unspecified atom stereocenters. The Bertz CT molecular complexity index is 665. The molecule has 1 aromatic carbocycles. The molecular weight excluding hydrogens is 290 g/mol. The van der Waals surface area contributed by atoms with Gasteiger partial charge in [-0.25, -0.2) is 4.68 Å². The standard InChI is InChI=1S/C15H18ClN3O2/c1-10-13(14(21)18-15(2,3)9-20)8-17-19(10)12-6-4-5-11(16)7-12/h4-8,20H,9H2,1-3H3,(H,18,21). The second-order valence-corrected chi connectivity index (χ2v) is 5.97. The Kier molecular flexibility index (Phi) is 4.34. The zero-order valence-electron chi connectivity index (χ0n) is 12.2. The van der Waals surface area contributed by atoms with Gasteiger partial charge in [0.25, 0.3) is 5.91 Å². The van der Waals surface area contributed by atoms with Crippen LogP contribution in [0.4, 0.5) is 0 Å². The Labute approximate surface area is 128 Å². The van der Waals surface area contributed by atoms with E-state index in [-0.39, 0.29) is 12.5 Å². The molecule has 2 N–H and O–H groups in total. The van der Waals surface area contributed by atoms with Gasteiger partial charge in [-0.3, -0.25) is 4.79 Å². The molecule has 0 fully saturated rings. The third kappa shape index (κ3) is 3.43.